The molecule has 0 fully saturated rings. The molecule has 3 rings (SSSR count). The molecular formula is C16H12Cl2N2O3. The van der Waals surface area contributed by atoms with E-state index in [1.807, 2.05) is 6.07 Å². The largest absolute Gasteiger partial charge is 0.482 e. The molecule has 0 unspecified atom stereocenters. The number of hydrogen-bond donors (Lipinski definition) is 1. The van der Waals surface area contributed by atoms with Crippen LogP contribution in [0.25, 0.3) is 0 Å². The van der Waals surface area contributed by atoms with Crippen molar-refractivity contribution in [3.63, 3.8) is 0 Å². The monoisotopic (exact) mass is 350 g/mol. The molecule has 0 saturated heterocycles. The zero-order valence-corrected chi connectivity index (χ0v) is 13.4. The molecule has 5 nitrogen and oxygen atoms in total. The Morgan fingerprint density at radius 1 is 1.17 bits per heavy atom. The summed E-state index contributed by atoms with van der Waals surface area (Å²) in [4.78, 5) is 25.6. The van der Waals surface area contributed by atoms with Crippen molar-refractivity contribution in [3.8, 4) is 5.75 Å². The number of fused-ring (bicyclic) bond motifs is 1. The van der Waals surface area contributed by atoms with E-state index < -0.39 is 0 Å². The van der Waals surface area contributed by atoms with Gasteiger partial charge in [0.2, 0.25) is 5.91 Å². The zero-order valence-electron chi connectivity index (χ0n) is 11.9. The molecule has 0 saturated carbocycles. The Morgan fingerprint density at radius 3 is 2.74 bits per heavy atom. The van der Waals surface area contributed by atoms with Crippen molar-refractivity contribution in [2.75, 3.05) is 23.4 Å². The van der Waals surface area contributed by atoms with Crippen molar-refractivity contribution < 1.29 is 14.3 Å². The number of anilines is 2. The second-order valence-corrected chi connectivity index (χ2v) is 5.73. The molecule has 2 amide bonds. The number of nitrogens with zero attached hydrogens (tertiary/aromatic N) is 1. The molecule has 1 N–H and O–H groups in total. The first-order valence-corrected chi connectivity index (χ1v) is 7.57. The molecule has 2 aromatic carbocycles. The van der Waals surface area contributed by atoms with Gasteiger partial charge in [0.15, 0.2) is 6.61 Å². The lowest BCUT2D eigenvalue weighted by molar-refractivity contribution is -0.123. The average Bonchev–Trinajstić information content (AvgIpc) is 2.54. The lowest BCUT2D eigenvalue weighted by Crippen LogP contribution is -2.43. The number of nitrogens with one attached hydrogen (secondary N) is 1. The Morgan fingerprint density at radius 2 is 1.96 bits per heavy atom. The van der Waals surface area contributed by atoms with Crippen LogP contribution in [-0.4, -0.2) is 25.0 Å². The second-order valence-electron chi connectivity index (χ2n) is 4.91. The first-order valence-electron chi connectivity index (χ1n) is 6.81. The van der Waals surface area contributed by atoms with E-state index >= 15 is 0 Å². The lowest BCUT2D eigenvalue weighted by atomic mass is 10.2. The first-order chi connectivity index (χ1) is 11.0. The van der Waals surface area contributed by atoms with Gasteiger partial charge in [0.25, 0.3) is 5.91 Å². The van der Waals surface area contributed by atoms with E-state index in [1.165, 1.54) is 4.90 Å². The molecule has 0 radical (unpaired) electrons. The van der Waals surface area contributed by atoms with Crippen LogP contribution < -0.4 is 15.0 Å². The van der Waals surface area contributed by atoms with E-state index in [0.29, 0.717) is 27.2 Å². The van der Waals surface area contributed by atoms with Crippen LogP contribution in [0, 0.1) is 0 Å². The molecule has 0 aromatic heterocycles. The van der Waals surface area contributed by atoms with Gasteiger partial charge in [-0.2, -0.15) is 0 Å². The molecule has 0 aliphatic carbocycles. The quantitative estimate of drug-likeness (QED) is 0.923. The number of benzene rings is 2. The van der Waals surface area contributed by atoms with E-state index in [2.05, 4.69) is 5.32 Å². The Labute approximate surface area is 142 Å². The van der Waals surface area contributed by atoms with Gasteiger partial charge >= 0.3 is 0 Å². The average molecular weight is 351 g/mol. The summed E-state index contributed by atoms with van der Waals surface area (Å²) in [6.45, 7) is -0.198. The fourth-order valence-electron chi connectivity index (χ4n) is 2.25. The van der Waals surface area contributed by atoms with E-state index in [9.17, 15) is 9.59 Å². The summed E-state index contributed by atoms with van der Waals surface area (Å²) in [5.74, 6) is -0.0316. The normalized spacial score (nSPS) is 13.3. The van der Waals surface area contributed by atoms with Gasteiger partial charge in [-0.3, -0.25) is 14.5 Å². The van der Waals surface area contributed by atoms with Crippen LogP contribution in [0.1, 0.15) is 0 Å². The van der Waals surface area contributed by atoms with Crippen molar-refractivity contribution >= 4 is 46.4 Å². The number of carbonyl (C=O) groups excluding carboxylic acids is 2. The molecule has 23 heavy (non-hydrogen) atoms. The van der Waals surface area contributed by atoms with Gasteiger partial charge in [0.1, 0.15) is 12.3 Å². The molecule has 1 heterocycles. The van der Waals surface area contributed by atoms with E-state index in [-0.39, 0.29) is 25.0 Å². The number of ether oxygens (including phenoxy) is 1. The highest BCUT2D eigenvalue weighted by Gasteiger charge is 2.26. The topological polar surface area (TPSA) is 58.6 Å². The molecule has 0 atom stereocenters. The molecule has 0 spiro atoms. The highest BCUT2D eigenvalue weighted by Crippen LogP contribution is 2.31. The number of halogens is 2. The lowest BCUT2D eigenvalue weighted by Gasteiger charge is -2.28. The minimum atomic E-state index is -0.339. The third-order valence-electron chi connectivity index (χ3n) is 3.31. The fraction of sp³-hybridized carbons (Fsp3) is 0.125. The van der Waals surface area contributed by atoms with Gasteiger partial charge in [-0.1, -0.05) is 35.3 Å². The predicted octanol–water partition coefficient (Wildman–Crippen LogP) is 3.36. The number of amides is 2. The van der Waals surface area contributed by atoms with Crippen LogP contribution >= 0.6 is 23.2 Å². The minimum absolute atomic E-state index is 0.0862. The maximum absolute atomic E-state index is 12.2. The second kappa shape index (κ2) is 6.48. The van der Waals surface area contributed by atoms with Crippen molar-refractivity contribution in [1.29, 1.82) is 0 Å². The van der Waals surface area contributed by atoms with Crippen LogP contribution in [0.2, 0.25) is 10.0 Å². The highest BCUT2D eigenvalue weighted by atomic mass is 35.5. The maximum atomic E-state index is 12.2. The molecule has 7 heteroatoms. The van der Waals surface area contributed by atoms with Crippen LogP contribution in [0.3, 0.4) is 0 Å². The molecule has 1 aliphatic heterocycles. The molecule has 1 aliphatic rings. The van der Waals surface area contributed by atoms with Gasteiger partial charge in [0.05, 0.1) is 15.7 Å². The van der Waals surface area contributed by atoms with E-state index in [4.69, 9.17) is 27.9 Å². The first kappa shape index (κ1) is 15.6. The summed E-state index contributed by atoms with van der Waals surface area (Å²) >= 11 is 11.8. The number of carbonyl (C=O) groups is 2. The van der Waals surface area contributed by atoms with Crippen molar-refractivity contribution in [3.05, 3.63) is 52.5 Å². The summed E-state index contributed by atoms with van der Waals surface area (Å²) in [6, 6.07) is 11.9. The van der Waals surface area contributed by atoms with Crippen LogP contribution in [0.5, 0.6) is 5.75 Å². The number of hydrogen-bond acceptors (Lipinski definition) is 3. The SMILES string of the molecule is O=C(CN1C(=O)COc2ccccc21)Nc1ccc(Cl)c(Cl)c1. The van der Waals surface area contributed by atoms with Crippen molar-refractivity contribution in [2.24, 2.45) is 0 Å². The van der Waals surface area contributed by atoms with E-state index in [1.54, 1.807) is 36.4 Å². The van der Waals surface area contributed by atoms with Gasteiger partial charge in [-0.25, -0.2) is 0 Å². The highest BCUT2D eigenvalue weighted by molar-refractivity contribution is 6.42. The van der Waals surface area contributed by atoms with Crippen LogP contribution in [0.4, 0.5) is 11.4 Å². The summed E-state index contributed by atoms with van der Waals surface area (Å²) in [7, 11) is 0. The summed E-state index contributed by atoms with van der Waals surface area (Å²) in [5.41, 5.74) is 1.09. The third kappa shape index (κ3) is 3.41. The summed E-state index contributed by atoms with van der Waals surface area (Å²) in [6.07, 6.45) is 0. The van der Waals surface area contributed by atoms with Crippen molar-refractivity contribution in [2.45, 2.75) is 0 Å². The third-order valence-corrected chi connectivity index (χ3v) is 4.05. The smallest absolute Gasteiger partial charge is 0.265 e. The summed E-state index contributed by atoms with van der Waals surface area (Å²) in [5, 5.41) is 3.44. The van der Waals surface area contributed by atoms with Gasteiger partial charge in [-0.15, -0.1) is 0 Å². The van der Waals surface area contributed by atoms with Crippen molar-refractivity contribution in [1.82, 2.24) is 0 Å². The van der Waals surface area contributed by atoms with Gasteiger partial charge < -0.3 is 10.1 Å². The molecule has 118 valence electrons. The standard InChI is InChI=1S/C16H12Cl2N2O3/c17-11-6-5-10(7-12(11)18)19-15(21)8-20-13-3-1-2-4-14(13)23-9-16(20)22/h1-7H,8-9H2,(H,19,21). The van der Waals surface area contributed by atoms with E-state index in [0.717, 1.165) is 0 Å². The Bertz CT molecular complexity index is 780. The molecular weight excluding hydrogens is 339 g/mol. The van der Waals surface area contributed by atoms with Crippen LogP contribution in [-0.2, 0) is 9.59 Å². The van der Waals surface area contributed by atoms with Gasteiger partial charge in [-0.05, 0) is 30.3 Å². The van der Waals surface area contributed by atoms with Crippen LogP contribution in [0.15, 0.2) is 42.5 Å². The molecule has 2 aromatic rings. The zero-order chi connectivity index (χ0) is 16.4. The maximum Gasteiger partial charge on any atom is 0.265 e. The Kier molecular flexibility index (Phi) is 4.41. The Hall–Kier alpha value is -2.24. The number of rotatable bonds is 3. The minimum Gasteiger partial charge on any atom is -0.482 e. The Balaban J connectivity index is 1.75. The van der Waals surface area contributed by atoms with Gasteiger partial charge in [0, 0.05) is 5.69 Å². The number of para-hydroxylation sites is 2. The molecule has 0 bridgehead atoms. The predicted molar refractivity (Wildman–Crippen MR) is 89.4 cm³/mol. The summed E-state index contributed by atoms with van der Waals surface area (Å²) < 4.78 is 5.34. The fourth-order valence-corrected chi connectivity index (χ4v) is 2.54.